The van der Waals surface area contributed by atoms with Crippen LogP contribution in [0.25, 0.3) is 11.1 Å². The van der Waals surface area contributed by atoms with Gasteiger partial charge in [-0.25, -0.2) is 0 Å². The van der Waals surface area contributed by atoms with E-state index in [0.29, 0.717) is 11.1 Å². The average Bonchev–Trinajstić information content (AvgIpc) is 2.97. The minimum Gasteiger partial charge on any atom is -0.508 e. The summed E-state index contributed by atoms with van der Waals surface area (Å²) in [6.07, 6.45) is 0. The number of fused-ring (bicyclic) bond motifs is 3. The fourth-order valence-electron chi connectivity index (χ4n) is 5.80. The Morgan fingerprint density at radius 3 is 1.55 bits per heavy atom. The number of phenols is 2. The van der Waals surface area contributed by atoms with Crippen molar-refractivity contribution in [2.45, 2.75) is 31.3 Å². The summed E-state index contributed by atoms with van der Waals surface area (Å²) in [7, 11) is -3.65. The smallest absolute Gasteiger partial charge is 0.292 e. The number of para-hydroxylation sites is 1. The van der Waals surface area contributed by atoms with Gasteiger partial charge in [-0.05, 0) is 71.1 Å². The first-order valence-corrected chi connectivity index (χ1v) is 15.0. The lowest BCUT2D eigenvalue weighted by Crippen LogP contribution is -2.34. The van der Waals surface area contributed by atoms with Crippen molar-refractivity contribution in [1.29, 1.82) is 0 Å². The predicted molar refractivity (Wildman–Crippen MR) is 161 cm³/mol. The van der Waals surface area contributed by atoms with Gasteiger partial charge in [-0.1, -0.05) is 98.8 Å². The van der Waals surface area contributed by atoms with Gasteiger partial charge in [-0.2, -0.15) is 0 Å². The average molecular weight is 547 g/mol. The first kappa shape index (κ1) is 26.0. The Morgan fingerprint density at radius 2 is 0.975 bits per heavy atom. The van der Waals surface area contributed by atoms with Crippen LogP contribution < -0.4 is 9.83 Å². The lowest BCUT2D eigenvalue weighted by Gasteiger charge is -2.41. The number of hydrogen-bond donors (Lipinski definition) is 2. The molecule has 0 radical (unpaired) electrons. The Hall–Kier alpha value is -4.27. The van der Waals surface area contributed by atoms with Crippen molar-refractivity contribution in [2.75, 3.05) is 0 Å². The molecular weight excluding hydrogens is 515 g/mol. The van der Waals surface area contributed by atoms with E-state index in [1.165, 1.54) is 0 Å². The highest BCUT2D eigenvalue weighted by atomic mass is 31.2. The molecule has 0 aliphatic carbocycles. The van der Waals surface area contributed by atoms with Crippen molar-refractivity contribution in [3.63, 3.8) is 0 Å². The van der Waals surface area contributed by atoms with E-state index in [4.69, 9.17) is 4.52 Å². The maximum atomic E-state index is 15.6. The summed E-state index contributed by atoms with van der Waals surface area (Å²) in [6.45, 7) is 6.27. The van der Waals surface area contributed by atoms with E-state index in [1.807, 2.05) is 91.9 Å². The molecule has 1 aliphatic rings. The van der Waals surface area contributed by atoms with E-state index < -0.39 is 12.5 Å². The summed E-state index contributed by atoms with van der Waals surface area (Å²) >= 11 is 0. The second-order valence-electron chi connectivity index (χ2n) is 11.0. The molecule has 0 amide bonds. The second-order valence-corrected chi connectivity index (χ2v) is 13.7. The molecule has 0 bridgehead atoms. The van der Waals surface area contributed by atoms with Crippen LogP contribution in [0.1, 0.15) is 43.0 Å². The zero-order chi connectivity index (χ0) is 28.1. The number of rotatable bonds is 5. The zero-order valence-corrected chi connectivity index (χ0v) is 23.6. The van der Waals surface area contributed by atoms with Crippen molar-refractivity contribution in [3.05, 3.63) is 144 Å². The molecule has 1 heterocycles. The van der Waals surface area contributed by atoms with E-state index >= 15 is 4.57 Å². The molecule has 2 atom stereocenters. The summed E-state index contributed by atoms with van der Waals surface area (Å²) in [5.41, 5.74) is 5.30. The highest BCUT2D eigenvalue weighted by molar-refractivity contribution is 7.69. The highest BCUT2D eigenvalue weighted by Crippen LogP contribution is 2.69. The van der Waals surface area contributed by atoms with Gasteiger partial charge >= 0.3 is 0 Å². The lowest BCUT2D eigenvalue weighted by molar-refractivity contribution is 0.461. The summed E-state index contributed by atoms with van der Waals surface area (Å²) in [5, 5.41) is 19.5. The third-order valence-electron chi connectivity index (χ3n) is 8.40. The fourth-order valence-corrected chi connectivity index (χ4v) is 8.77. The highest BCUT2D eigenvalue weighted by Gasteiger charge is 2.53. The normalized spacial score (nSPS) is 17.7. The van der Waals surface area contributed by atoms with Crippen molar-refractivity contribution in [3.8, 4) is 28.4 Å². The van der Waals surface area contributed by atoms with Crippen LogP contribution in [0.3, 0.4) is 0 Å². The molecule has 2 unspecified atom stereocenters. The summed E-state index contributed by atoms with van der Waals surface area (Å²) < 4.78 is 22.2. The van der Waals surface area contributed by atoms with Gasteiger partial charge in [0.05, 0.1) is 5.30 Å². The monoisotopic (exact) mass is 546 g/mol. The Labute approximate surface area is 235 Å². The molecule has 2 N–H and O–H groups in total. The van der Waals surface area contributed by atoms with Gasteiger partial charge in [-0.15, -0.1) is 0 Å². The van der Waals surface area contributed by atoms with Crippen LogP contribution in [0.2, 0.25) is 0 Å². The van der Waals surface area contributed by atoms with Gasteiger partial charge in [0.2, 0.25) is 0 Å². The van der Waals surface area contributed by atoms with E-state index in [2.05, 4.69) is 26.0 Å². The van der Waals surface area contributed by atoms with Crippen molar-refractivity contribution < 1.29 is 19.3 Å². The van der Waals surface area contributed by atoms with Crippen LogP contribution in [-0.2, 0) is 15.1 Å². The van der Waals surface area contributed by atoms with Gasteiger partial charge in [0.15, 0.2) is 0 Å². The molecule has 0 saturated heterocycles. The lowest BCUT2D eigenvalue weighted by atomic mass is 9.77. The maximum absolute atomic E-state index is 15.6. The van der Waals surface area contributed by atoms with Gasteiger partial charge in [0.25, 0.3) is 7.37 Å². The molecule has 0 fully saturated rings. The minimum absolute atomic E-state index is 0.144. The first-order chi connectivity index (χ1) is 19.1. The van der Waals surface area contributed by atoms with Gasteiger partial charge < -0.3 is 14.7 Å². The third-order valence-corrected chi connectivity index (χ3v) is 11.6. The van der Waals surface area contributed by atoms with E-state index in [0.717, 1.165) is 33.4 Å². The van der Waals surface area contributed by atoms with Gasteiger partial charge in [0, 0.05) is 11.0 Å². The largest absolute Gasteiger partial charge is 0.508 e. The number of hydrogen-bond acceptors (Lipinski definition) is 4. The van der Waals surface area contributed by atoms with Gasteiger partial charge in [-0.3, -0.25) is 4.57 Å². The SMILES string of the molecule is CC(C)(c1ccc(O)cc1)c1ccc(C(C)(c2ccc(O)cc2)P2(=O)Oc3ccccc3-c3ccccc32)cc1. The van der Waals surface area contributed by atoms with Crippen LogP contribution in [0.4, 0.5) is 0 Å². The molecule has 0 saturated carbocycles. The topological polar surface area (TPSA) is 66.8 Å². The quantitative estimate of drug-likeness (QED) is 0.218. The Kier molecular flexibility index (Phi) is 6.12. The predicted octanol–water partition coefficient (Wildman–Crippen LogP) is 8.35. The van der Waals surface area contributed by atoms with Crippen LogP contribution in [0.15, 0.2) is 121 Å². The third kappa shape index (κ3) is 3.94. The van der Waals surface area contributed by atoms with E-state index in [1.54, 1.807) is 24.3 Å². The minimum atomic E-state index is -3.65. The molecule has 6 rings (SSSR count). The van der Waals surface area contributed by atoms with E-state index in [9.17, 15) is 10.2 Å². The Morgan fingerprint density at radius 1 is 0.550 bits per heavy atom. The molecule has 0 spiro atoms. The number of phenolic OH excluding ortho intramolecular Hbond substituents is 2. The maximum Gasteiger partial charge on any atom is 0.292 e. The van der Waals surface area contributed by atoms with Crippen LogP contribution in [-0.4, -0.2) is 10.2 Å². The number of benzene rings is 5. The Bertz CT molecular complexity index is 1740. The molecule has 200 valence electrons. The van der Waals surface area contributed by atoms with Crippen molar-refractivity contribution >= 4 is 12.7 Å². The second kappa shape index (κ2) is 9.43. The standard InChI is InChI=1S/C35H31O4P/c1-34(2,25-16-20-28(36)21-17-25)24-12-14-26(15-13-24)35(3,27-18-22-29(37)23-19-27)40(38)33-11-7-5-9-31(33)30-8-4-6-10-32(30)39-40/h4-23,36-37H,1-3H3. The molecule has 4 nitrogen and oxygen atoms in total. The van der Waals surface area contributed by atoms with Crippen molar-refractivity contribution in [1.82, 2.24) is 0 Å². The molecule has 0 aromatic heterocycles. The first-order valence-electron chi connectivity index (χ1n) is 13.3. The zero-order valence-electron chi connectivity index (χ0n) is 22.7. The summed E-state index contributed by atoms with van der Waals surface area (Å²) in [6, 6.07) is 37.9. The number of aromatic hydroxyl groups is 2. The summed E-state index contributed by atoms with van der Waals surface area (Å²) in [4.78, 5) is 0. The molecule has 5 heteroatoms. The molecule has 5 aromatic carbocycles. The molecule has 5 aromatic rings. The van der Waals surface area contributed by atoms with Crippen LogP contribution in [0, 0.1) is 0 Å². The summed E-state index contributed by atoms with van der Waals surface area (Å²) in [5.74, 6) is 0.976. The molecule has 1 aliphatic heterocycles. The van der Waals surface area contributed by atoms with Crippen molar-refractivity contribution in [2.24, 2.45) is 0 Å². The molecular formula is C35H31O4P. The van der Waals surface area contributed by atoms with Crippen LogP contribution in [0.5, 0.6) is 17.2 Å². The van der Waals surface area contributed by atoms with E-state index in [-0.39, 0.29) is 16.9 Å². The fraction of sp³-hybridized carbons (Fsp3) is 0.143. The Balaban J connectivity index is 1.54. The van der Waals surface area contributed by atoms with Crippen LogP contribution >= 0.6 is 7.37 Å². The van der Waals surface area contributed by atoms with Gasteiger partial charge in [0.1, 0.15) is 22.4 Å². The molecule has 40 heavy (non-hydrogen) atoms.